The summed E-state index contributed by atoms with van der Waals surface area (Å²) in [4.78, 5) is 39.3. The molecule has 3 aromatic heterocycles. The molecule has 35 heavy (non-hydrogen) atoms. The largest absolute Gasteiger partial charge is 0.501 e. The fourth-order valence-corrected chi connectivity index (χ4v) is 4.15. The summed E-state index contributed by atoms with van der Waals surface area (Å²) in [6.45, 7) is 5.58. The first-order chi connectivity index (χ1) is 16.7. The van der Waals surface area contributed by atoms with Gasteiger partial charge in [-0.1, -0.05) is 41.9 Å². The van der Waals surface area contributed by atoms with Crippen LogP contribution in [0.4, 0.5) is 5.69 Å². The highest BCUT2D eigenvalue weighted by Gasteiger charge is 2.31. The molecular formula is C24H23ClN6O4. The van der Waals surface area contributed by atoms with Crippen molar-refractivity contribution in [3.05, 3.63) is 92.5 Å². The summed E-state index contributed by atoms with van der Waals surface area (Å²) in [7, 11) is 1.48. The lowest BCUT2D eigenvalue weighted by molar-refractivity contribution is 0.101. The molecule has 11 heteroatoms. The van der Waals surface area contributed by atoms with Crippen LogP contribution in [0.1, 0.15) is 57.7 Å². The van der Waals surface area contributed by atoms with Crippen LogP contribution in [0.3, 0.4) is 0 Å². The van der Waals surface area contributed by atoms with Gasteiger partial charge in [0, 0.05) is 30.1 Å². The van der Waals surface area contributed by atoms with E-state index in [2.05, 4.69) is 20.4 Å². The third kappa shape index (κ3) is 4.65. The first-order valence-corrected chi connectivity index (χ1v) is 11.1. The number of hydrogen-bond acceptors (Lipinski definition) is 8. The van der Waals surface area contributed by atoms with Crippen molar-refractivity contribution in [3.63, 3.8) is 0 Å². The molecule has 4 rings (SSSR count). The first-order valence-electron chi connectivity index (χ1n) is 10.7. The lowest BCUT2D eigenvalue weighted by Crippen LogP contribution is -2.29. The second kappa shape index (κ2) is 9.67. The highest BCUT2D eigenvalue weighted by atomic mass is 35.5. The van der Waals surface area contributed by atoms with Crippen molar-refractivity contribution in [2.45, 2.75) is 32.6 Å². The maximum absolute atomic E-state index is 12.9. The summed E-state index contributed by atoms with van der Waals surface area (Å²) in [5.41, 5.74) is 2.02. The smallest absolute Gasteiger partial charge is 0.296 e. The van der Waals surface area contributed by atoms with Gasteiger partial charge in [-0.2, -0.15) is 0 Å². The third-order valence-corrected chi connectivity index (χ3v) is 6.23. The van der Waals surface area contributed by atoms with Crippen LogP contribution in [-0.2, 0) is 7.05 Å². The topological polar surface area (TPSA) is 136 Å². The molecule has 2 N–H and O–H groups in total. The molecular weight excluding hydrogens is 472 g/mol. The molecule has 4 aromatic rings. The zero-order valence-corrected chi connectivity index (χ0v) is 20.2. The molecule has 0 fully saturated rings. The Labute approximate surface area is 205 Å². The van der Waals surface area contributed by atoms with E-state index >= 15 is 0 Å². The monoisotopic (exact) mass is 494 g/mol. The van der Waals surface area contributed by atoms with Crippen LogP contribution >= 0.6 is 11.6 Å². The van der Waals surface area contributed by atoms with Crippen molar-refractivity contribution in [2.75, 3.05) is 5.32 Å². The number of aromatic nitrogens is 5. The van der Waals surface area contributed by atoms with Gasteiger partial charge in [0.2, 0.25) is 5.75 Å². The summed E-state index contributed by atoms with van der Waals surface area (Å²) >= 11 is 6.57. The molecule has 1 aromatic carbocycles. The van der Waals surface area contributed by atoms with Gasteiger partial charge in [0.05, 0.1) is 23.3 Å². The third-order valence-electron chi connectivity index (χ3n) is 5.88. The Hall–Kier alpha value is -4.05. The zero-order valence-electron chi connectivity index (χ0n) is 19.5. The van der Waals surface area contributed by atoms with Crippen molar-refractivity contribution in [2.24, 2.45) is 7.05 Å². The van der Waals surface area contributed by atoms with E-state index in [4.69, 9.17) is 21.1 Å². The predicted octanol–water partition coefficient (Wildman–Crippen LogP) is 3.72. The van der Waals surface area contributed by atoms with Crippen molar-refractivity contribution >= 4 is 23.2 Å². The molecule has 0 radical (unpaired) electrons. The summed E-state index contributed by atoms with van der Waals surface area (Å²) in [5, 5.41) is 17.0. The Kier molecular flexibility index (Phi) is 6.65. The number of rotatable bonds is 6. The molecule has 0 aliphatic rings. The Morgan fingerprint density at radius 1 is 1.17 bits per heavy atom. The van der Waals surface area contributed by atoms with Gasteiger partial charge >= 0.3 is 0 Å². The van der Waals surface area contributed by atoms with E-state index < -0.39 is 34.7 Å². The van der Waals surface area contributed by atoms with Crippen LogP contribution in [-0.4, -0.2) is 35.7 Å². The van der Waals surface area contributed by atoms with E-state index in [9.17, 15) is 14.7 Å². The van der Waals surface area contributed by atoms with Gasteiger partial charge in [0.1, 0.15) is 17.8 Å². The van der Waals surface area contributed by atoms with Gasteiger partial charge in [-0.3, -0.25) is 24.1 Å². The number of aromatic hydroxyl groups is 1. The number of hydrogen-bond donors (Lipinski definition) is 2. The van der Waals surface area contributed by atoms with E-state index in [1.54, 1.807) is 12.3 Å². The maximum Gasteiger partial charge on any atom is 0.296 e. The average molecular weight is 495 g/mol. The molecule has 1 amide bonds. The van der Waals surface area contributed by atoms with E-state index in [-0.39, 0.29) is 11.5 Å². The van der Waals surface area contributed by atoms with Gasteiger partial charge in [0.25, 0.3) is 11.5 Å². The molecule has 2 atom stereocenters. The highest BCUT2D eigenvalue weighted by Crippen LogP contribution is 2.39. The fraction of sp³-hybridized carbons (Fsp3) is 0.250. The minimum Gasteiger partial charge on any atom is -0.501 e. The van der Waals surface area contributed by atoms with Crippen LogP contribution in [0.5, 0.6) is 5.75 Å². The molecule has 180 valence electrons. The van der Waals surface area contributed by atoms with Crippen molar-refractivity contribution in [3.8, 4) is 5.75 Å². The Bertz CT molecular complexity index is 1450. The normalized spacial score (nSPS) is 12.8. The minimum atomic E-state index is -0.780. The highest BCUT2D eigenvalue weighted by molar-refractivity contribution is 6.31. The number of carbonyl (C=O) groups is 1. The van der Waals surface area contributed by atoms with Gasteiger partial charge in [-0.05, 0) is 25.5 Å². The lowest BCUT2D eigenvalue weighted by atomic mass is 9.83. The summed E-state index contributed by atoms with van der Waals surface area (Å²) in [6, 6.07) is 7.32. The summed E-state index contributed by atoms with van der Waals surface area (Å²) in [6.07, 6.45) is 4.17. The van der Waals surface area contributed by atoms with Crippen LogP contribution < -0.4 is 10.9 Å². The van der Waals surface area contributed by atoms with Gasteiger partial charge < -0.3 is 14.9 Å². The molecule has 0 saturated carbocycles. The number of anilines is 1. The number of nitrogens with zero attached hydrogens (tertiary/aromatic N) is 5. The van der Waals surface area contributed by atoms with Crippen molar-refractivity contribution in [1.82, 2.24) is 24.7 Å². The standard InChI is InChI=1S/C24H23ClN6O4/c1-12(19(16-7-5-6-8-17(16)25)18-10-26-13(2)14(3)28-18)22-30-20(21(32)24(34)31(22)4)23(33)29-15-9-27-35-11-15/h5-12,19,32H,1-4H3,(H,29,33)/t12-,19-/m0/s1. The van der Waals surface area contributed by atoms with E-state index in [1.165, 1.54) is 24.1 Å². The molecule has 10 nitrogen and oxygen atoms in total. The number of carbonyl (C=O) groups excluding carboxylic acids is 1. The van der Waals surface area contributed by atoms with Gasteiger partial charge in [-0.15, -0.1) is 0 Å². The molecule has 0 aliphatic heterocycles. The molecule has 0 bridgehead atoms. The van der Waals surface area contributed by atoms with Crippen LogP contribution in [0.15, 0.2) is 52.2 Å². The van der Waals surface area contributed by atoms with Crippen LogP contribution in [0.2, 0.25) is 5.02 Å². The summed E-state index contributed by atoms with van der Waals surface area (Å²) in [5.74, 6) is -2.23. The SMILES string of the molecule is Cc1ncc([C@H](c2ccccc2Cl)[C@H](C)c2nc(C(=O)Nc3cnoc3)c(O)c(=O)n2C)nc1C. The number of halogens is 1. The second-order valence-electron chi connectivity index (χ2n) is 8.15. The predicted molar refractivity (Wildman–Crippen MR) is 129 cm³/mol. The minimum absolute atomic E-state index is 0.255. The van der Waals surface area contributed by atoms with Crippen molar-refractivity contribution in [1.29, 1.82) is 0 Å². The first kappa shape index (κ1) is 24.1. The van der Waals surface area contributed by atoms with Crippen LogP contribution in [0, 0.1) is 13.8 Å². The Morgan fingerprint density at radius 2 is 1.91 bits per heavy atom. The van der Waals surface area contributed by atoms with Gasteiger partial charge in [-0.25, -0.2) is 4.98 Å². The zero-order chi connectivity index (χ0) is 25.3. The lowest BCUT2D eigenvalue weighted by Gasteiger charge is -2.26. The molecule has 0 aliphatic carbocycles. The molecule has 3 heterocycles. The van der Waals surface area contributed by atoms with Gasteiger partial charge in [0.15, 0.2) is 5.69 Å². The Balaban J connectivity index is 1.86. The quantitative estimate of drug-likeness (QED) is 0.414. The number of amides is 1. The fourth-order valence-electron chi connectivity index (χ4n) is 3.90. The van der Waals surface area contributed by atoms with E-state index in [1.807, 2.05) is 39.0 Å². The molecule has 0 unspecified atom stereocenters. The number of aryl methyl sites for hydroxylation is 2. The maximum atomic E-state index is 12.9. The van der Waals surface area contributed by atoms with Crippen molar-refractivity contribution < 1.29 is 14.4 Å². The molecule has 0 spiro atoms. The average Bonchev–Trinajstić information content (AvgIpc) is 3.34. The number of nitrogens with one attached hydrogen (secondary N) is 1. The second-order valence-corrected chi connectivity index (χ2v) is 8.56. The Morgan fingerprint density at radius 3 is 2.57 bits per heavy atom. The molecule has 0 saturated heterocycles. The number of benzene rings is 1. The van der Waals surface area contributed by atoms with E-state index in [0.29, 0.717) is 10.7 Å². The van der Waals surface area contributed by atoms with E-state index in [0.717, 1.165) is 17.0 Å². The summed E-state index contributed by atoms with van der Waals surface area (Å²) < 4.78 is 5.92. The van der Waals surface area contributed by atoms with Crippen LogP contribution in [0.25, 0.3) is 0 Å².